The van der Waals surface area contributed by atoms with Crippen LogP contribution in [0.15, 0.2) is 24.3 Å². The Labute approximate surface area is 116 Å². The van der Waals surface area contributed by atoms with Gasteiger partial charge < -0.3 is 4.74 Å². The minimum absolute atomic E-state index is 0.0950. The molecule has 6 heteroatoms. The number of Topliss-reactive ketones (excluding diaryl/α,β-unsaturated/α-hetero) is 1. The fourth-order valence-corrected chi connectivity index (χ4v) is 1.73. The standard InChI is InChI=1S/C14H17NO5/c1-2-20-14(17)9-4-3-8-13(16)11-6-5-7-12(10-11)15(18)19/h5-7,10H,2-4,8-9H2,1H3. The smallest absolute Gasteiger partial charge is 0.305 e. The molecular formula is C14H17NO5. The molecule has 20 heavy (non-hydrogen) atoms. The maximum atomic E-state index is 11.9. The van der Waals surface area contributed by atoms with Crippen molar-refractivity contribution in [2.45, 2.75) is 32.6 Å². The number of ketones is 1. The maximum absolute atomic E-state index is 11.9. The first kappa shape index (κ1) is 15.8. The highest BCUT2D eigenvalue weighted by molar-refractivity contribution is 5.96. The van der Waals surface area contributed by atoms with Crippen molar-refractivity contribution in [2.75, 3.05) is 6.61 Å². The van der Waals surface area contributed by atoms with E-state index in [0.29, 0.717) is 25.0 Å². The number of hydrogen-bond donors (Lipinski definition) is 0. The zero-order valence-electron chi connectivity index (χ0n) is 11.3. The van der Waals surface area contributed by atoms with E-state index in [2.05, 4.69) is 0 Å². The quantitative estimate of drug-likeness (QED) is 0.240. The molecule has 1 aromatic carbocycles. The SMILES string of the molecule is CCOC(=O)CCCCC(=O)c1cccc([N+](=O)[O-])c1. The van der Waals surface area contributed by atoms with Gasteiger partial charge in [0.2, 0.25) is 0 Å². The van der Waals surface area contributed by atoms with Crippen molar-refractivity contribution < 1.29 is 19.2 Å². The normalized spacial score (nSPS) is 10.1. The Hall–Kier alpha value is -2.24. The van der Waals surface area contributed by atoms with Crippen LogP contribution >= 0.6 is 0 Å². The minimum atomic E-state index is -0.530. The number of benzene rings is 1. The summed E-state index contributed by atoms with van der Waals surface area (Å²) in [7, 11) is 0. The van der Waals surface area contributed by atoms with E-state index in [4.69, 9.17) is 4.74 Å². The van der Waals surface area contributed by atoms with Crippen LogP contribution in [0.4, 0.5) is 5.69 Å². The summed E-state index contributed by atoms with van der Waals surface area (Å²) in [5.41, 5.74) is 0.234. The number of nitro benzene ring substituents is 1. The lowest BCUT2D eigenvalue weighted by Gasteiger charge is -2.02. The Kier molecular flexibility index (Phi) is 6.36. The third-order valence-corrected chi connectivity index (χ3v) is 2.72. The molecule has 0 fully saturated rings. The lowest BCUT2D eigenvalue weighted by atomic mass is 10.0. The molecule has 0 saturated carbocycles. The number of non-ortho nitro benzene ring substituents is 1. The summed E-state index contributed by atoms with van der Waals surface area (Å²) < 4.78 is 4.78. The molecule has 1 aromatic rings. The van der Waals surface area contributed by atoms with Crippen LogP contribution in [0.5, 0.6) is 0 Å². The number of nitrogens with zero attached hydrogens (tertiary/aromatic N) is 1. The van der Waals surface area contributed by atoms with Gasteiger partial charge in [0.05, 0.1) is 11.5 Å². The minimum Gasteiger partial charge on any atom is -0.466 e. The molecule has 0 amide bonds. The van der Waals surface area contributed by atoms with Gasteiger partial charge in [0.1, 0.15) is 0 Å². The molecule has 0 aliphatic carbocycles. The molecule has 1 rings (SSSR count). The largest absolute Gasteiger partial charge is 0.466 e. The van der Waals surface area contributed by atoms with Gasteiger partial charge in [0.25, 0.3) is 5.69 Å². The van der Waals surface area contributed by atoms with E-state index in [1.54, 1.807) is 13.0 Å². The van der Waals surface area contributed by atoms with Gasteiger partial charge in [-0.1, -0.05) is 12.1 Å². The van der Waals surface area contributed by atoms with Gasteiger partial charge in [-0.2, -0.15) is 0 Å². The molecule has 0 aliphatic heterocycles. The van der Waals surface area contributed by atoms with Gasteiger partial charge in [-0.3, -0.25) is 19.7 Å². The number of rotatable bonds is 8. The second-order valence-electron chi connectivity index (χ2n) is 4.24. The van der Waals surface area contributed by atoms with Crippen molar-refractivity contribution in [2.24, 2.45) is 0 Å². The number of esters is 1. The van der Waals surface area contributed by atoms with Crippen molar-refractivity contribution in [3.63, 3.8) is 0 Å². The first-order chi connectivity index (χ1) is 9.54. The zero-order chi connectivity index (χ0) is 15.0. The van der Waals surface area contributed by atoms with E-state index in [1.165, 1.54) is 18.2 Å². The van der Waals surface area contributed by atoms with Crippen LogP contribution in [0.2, 0.25) is 0 Å². The molecule has 0 saturated heterocycles. The summed E-state index contributed by atoms with van der Waals surface area (Å²) in [6, 6.07) is 5.66. The summed E-state index contributed by atoms with van der Waals surface area (Å²) in [6.45, 7) is 2.09. The molecule has 0 unspecified atom stereocenters. The second-order valence-corrected chi connectivity index (χ2v) is 4.24. The number of carbonyl (C=O) groups excluding carboxylic acids is 2. The molecule has 0 N–H and O–H groups in total. The molecular weight excluding hydrogens is 262 g/mol. The van der Waals surface area contributed by atoms with Gasteiger partial charge in [-0.15, -0.1) is 0 Å². The lowest BCUT2D eigenvalue weighted by molar-refractivity contribution is -0.384. The van der Waals surface area contributed by atoms with E-state index >= 15 is 0 Å². The van der Waals surface area contributed by atoms with Gasteiger partial charge in [0.15, 0.2) is 5.78 Å². The molecule has 6 nitrogen and oxygen atoms in total. The Morgan fingerprint density at radius 3 is 2.60 bits per heavy atom. The van der Waals surface area contributed by atoms with Crippen LogP contribution in [0.1, 0.15) is 43.0 Å². The van der Waals surface area contributed by atoms with Crippen molar-refractivity contribution in [3.05, 3.63) is 39.9 Å². The van der Waals surface area contributed by atoms with E-state index in [9.17, 15) is 19.7 Å². The Balaban J connectivity index is 2.41. The van der Waals surface area contributed by atoms with Crippen molar-refractivity contribution in [1.82, 2.24) is 0 Å². The van der Waals surface area contributed by atoms with E-state index < -0.39 is 4.92 Å². The maximum Gasteiger partial charge on any atom is 0.305 e. The molecule has 0 aromatic heterocycles. The van der Waals surface area contributed by atoms with Crippen molar-refractivity contribution in [1.29, 1.82) is 0 Å². The summed E-state index contributed by atoms with van der Waals surface area (Å²) in [4.78, 5) is 33.0. The molecule has 0 radical (unpaired) electrons. The number of unbranched alkanes of at least 4 members (excludes halogenated alkanes) is 1. The number of hydrogen-bond acceptors (Lipinski definition) is 5. The predicted octanol–water partition coefficient (Wildman–Crippen LogP) is 2.90. The van der Waals surface area contributed by atoms with E-state index in [-0.39, 0.29) is 30.3 Å². The Morgan fingerprint density at radius 1 is 1.25 bits per heavy atom. The third-order valence-electron chi connectivity index (χ3n) is 2.72. The summed E-state index contributed by atoms with van der Waals surface area (Å²) in [6.07, 6.45) is 1.68. The first-order valence-electron chi connectivity index (χ1n) is 6.48. The molecule has 0 atom stereocenters. The monoisotopic (exact) mass is 279 g/mol. The Bertz CT molecular complexity index is 498. The van der Waals surface area contributed by atoms with Crippen LogP contribution < -0.4 is 0 Å². The predicted molar refractivity (Wildman–Crippen MR) is 72.5 cm³/mol. The fraction of sp³-hybridized carbons (Fsp3) is 0.429. The third kappa shape index (κ3) is 5.17. The van der Waals surface area contributed by atoms with Crippen LogP contribution in [-0.4, -0.2) is 23.3 Å². The van der Waals surface area contributed by atoms with Gasteiger partial charge in [-0.25, -0.2) is 0 Å². The van der Waals surface area contributed by atoms with Crippen molar-refractivity contribution >= 4 is 17.4 Å². The first-order valence-corrected chi connectivity index (χ1v) is 6.48. The molecule has 108 valence electrons. The van der Waals surface area contributed by atoms with Crippen LogP contribution in [0.3, 0.4) is 0 Å². The summed E-state index contributed by atoms with van der Waals surface area (Å²) in [5.74, 6) is -0.423. The highest BCUT2D eigenvalue weighted by Gasteiger charge is 2.11. The molecule has 0 aliphatic rings. The highest BCUT2D eigenvalue weighted by atomic mass is 16.6. The van der Waals surface area contributed by atoms with Crippen LogP contribution in [0.25, 0.3) is 0 Å². The lowest BCUT2D eigenvalue weighted by Crippen LogP contribution is -2.04. The fourth-order valence-electron chi connectivity index (χ4n) is 1.73. The number of carbonyl (C=O) groups is 2. The van der Waals surface area contributed by atoms with Gasteiger partial charge in [-0.05, 0) is 19.8 Å². The summed E-state index contributed by atoms with van der Waals surface area (Å²) in [5, 5.41) is 10.6. The van der Waals surface area contributed by atoms with Crippen molar-refractivity contribution in [3.8, 4) is 0 Å². The molecule has 0 spiro atoms. The topological polar surface area (TPSA) is 86.5 Å². The van der Waals surface area contributed by atoms with Gasteiger partial charge >= 0.3 is 5.97 Å². The highest BCUT2D eigenvalue weighted by Crippen LogP contribution is 2.15. The molecule has 0 bridgehead atoms. The second kappa shape index (κ2) is 8.04. The summed E-state index contributed by atoms with van der Waals surface area (Å²) >= 11 is 0. The average Bonchev–Trinajstić information content (AvgIpc) is 2.43. The van der Waals surface area contributed by atoms with Crippen LogP contribution in [0, 0.1) is 10.1 Å². The molecule has 0 heterocycles. The zero-order valence-corrected chi connectivity index (χ0v) is 11.3. The average molecular weight is 279 g/mol. The Morgan fingerprint density at radius 2 is 1.95 bits per heavy atom. The van der Waals surface area contributed by atoms with E-state index in [0.717, 1.165) is 0 Å². The number of ether oxygens (including phenoxy) is 1. The van der Waals surface area contributed by atoms with Gasteiger partial charge in [0, 0.05) is 30.5 Å². The van der Waals surface area contributed by atoms with E-state index in [1.807, 2.05) is 0 Å². The number of nitro groups is 1. The van der Waals surface area contributed by atoms with Crippen LogP contribution in [-0.2, 0) is 9.53 Å².